The highest BCUT2D eigenvalue weighted by Gasteiger charge is 2.37. The van der Waals surface area contributed by atoms with Crippen LogP contribution in [0.1, 0.15) is 30.2 Å². The average molecular weight is 415 g/mol. The Hall–Kier alpha value is -2.77. The molecule has 0 aliphatic carbocycles. The Bertz CT molecular complexity index is 995. The van der Waals surface area contributed by atoms with Gasteiger partial charge in [-0.2, -0.15) is 5.26 Å². The summed E-state index contributed by atoms with van der Waals surface area (Å²) in [6.45, 7) is 1.63. The number of aryl methyl sites for hydroxylation is 1. The fraction of sp³-hybridized carbons (Fsp3) is 0.476. The first-order chi connectivity index (χ1) is 14.5. The third-order valence-electron chi connectivity index (χ3n) is 4.92. The van der Waals surface area contributed by atoms with E-state index in [9.17, 15) is 14.7 Å². The third kappa shape index (κ3) is 5.04. The van der Waals surface area contributed by atoms with E-state index in [0.717, 1.165) is 10.1 Å². The zero-order valence-corrected chi connectivity index (χ0v) is 16.8. The first kappa shape index (κ1) is 21.9. The molecule has 0 unspecified atom stereocenters. The van der Waals surface area contributed by atoms with Crippen molar-refractivity contribution in [1.82, 2.24) is 9.13 Å². The molecule has 0 spiro atoms. The summed E-state index contributed by atoms with van der Waals surface area (Å²) in [6, 6.07) is 11.4. The second kappa shape index (κ2) is 10.3. The summed E-state index contributed by atoms with van der Waals surface area (Å²) in [5, 5.41) is 18.2. The molecule has 160 valence electrons. The number of ether oxygens (including phenoxy) is 3. The Morgan fingerprint density at radius 2 is 2.07 bits per heavy atom. The van der Waals surface area contributed by atoms with Crippen LogP contribution >= 0.6 is 0 Å². The Morgan fingerprint density at radius 3 is 2.77 bits per heavy atom. The molecule has 1 N–H and O–H groups in total. The van der Waals surface area contributed by atoms with Crippen LogP contribution in [0.2, 0.25) is 0 Å². The molecule has 1 aliphatic rings. The van der Waals surface area contributed by atoms with Gasteiger partial charge in [-0.05, 0) is 12.5 Å². The number of hydrogen-bond acceptors (Lipinski definition) is 7. The molecule has 1 aliphatic heterocycles. The van der Waals surface area contributed by atoms with Crippen molar-refractivity contribution in [2.45, 2.75) is 51.5 Å². The van der Waals surface area contributed by atoms with Gasteiger partial charge in [-0.25, -0.2) is 9.36 Å². The number of aliphatic hydroxyl groups is 1. The number of benzene rings is 1. The van der Waals surface area contributed by atoms with E-state index < -0.39 is 29.7 Å². The lowest BCUT2D eigenvalue weighted by Gasteiger charge is -2.17. The number of nitrogens with zero attached hydrogens (tertiary/aromatic N) is 3. The van der Waals surface area contributed by atoms with E-state index in [1.165, 1.54) is 10.8 Å². The Labute approximate surface area is 173 Å². The quantitative estimate of drug-likeness (QED) is 0.609. The molecule has 0 radical (unpaired) electrons. The fourth-order valence-corrected chi connectivity index (χ4v) is 3.37. The number of rotatable bonds is 9. The average Bonchev–Trinajstić information content (AvgIpc) is 3.17. The molecule has 30 heavy (non-hydrogen) atoms. The Balaban J connectivity index is 1.76. The molecule has 0 bridgehead atoms. The van der Waals surface area contributed by atoms with Crippen LogP contribution < -0.4 is 11.2 Å². The van der Waals surface area contributed by atoms with E-state index >= 15 is 0 Å². The standard InChI is InChI=1S/C21H25N3O6/c1-15-11-23(19-10-17(18(12-25)30-19)29-9-5-8-22)21(27)24(20(15)26)14-28-13-16-6-3-2-4-7-16/h2-4,6-7,11,17-19,25H,5,9-10,12-14H2,1H3/t17-,18+,19+/m0/s1. The molecule has 0 amide bonds. The molecular formula is C21H25N3O6. The van der Waals surface area contributed by atoms with E-state index in [-0.39, 0.29) is 33.0 Å². The predicted octanol–water partition coefficient (Wildman–Crippen LogP) is 1.07. The smallest absolute Gasteiger partial charge is 0.335 e. The van der Waals surface area contributed by atoms with Gasteiger partial charge in [0.2, 0.25) is 0 Å². The zero-order valence-electron chi connectivity index (χ0n) is 16.8. The van der Waals surface area contributed by atoms with Gasteiger partial charge in [-0.3, -0.25) is 9.36 Å². The lowest BCUT2D eigenvalue weighted by Crippen LogP contribution is -2.42. The molecular weight excluding hydrogens is 390 g/mol. The van der Waals surface area contributed by atoms with Crippen molar-refractivity contribution in [3.63, 3.8) is 0 Å². The van der Waals surface area contributed by atoms with Gasteiger partial charge in [0.05, 0.1) is 38.4 Å². The number of nitriles is 1. The lowest BCUT2D eigenvalue weighted by molar-refractivity contribution is -0.0622. The number of aliphatic hydroxyl groups excluding tert-OH is 1. The third-order valence-corrected chi connectivity index (χ3v) is 4.92. The fourth-order valence-electron chi connectivity index (χ4n) is 3.37. The van der Waals surface area contributed by atoms with E-state index in [2.05, 4.69) is 0 Å². The predicted molar refractivity (Wildman–Crippen MR) is 107 cm³/mol. The highest BCUT2D eigenvalue weighted by Crippen LogP contribution is 2.29. The van der Waals surface area contributed by atoms with Crippen molar-refractivity contribution in [2.75, 3.05) is 13.2 Å². The summed E-state index contributed by atoms with van der Waals surface area (Å²) in [6.07, 6.45) is 0.239. The Kier molecular flexibility index (Phi) is 7.54. The number of hydrogen-bond donors (Lipinski definition) is 1. The van der Waals surface area contributed by atoms with Gasteiger partial charge in [-0.15, -0.1) is 0 Å². The number of aromatic nitrogens is 2. The summed E-state index contributed by atoms with van der Waals surface area (Å²) in [5.74, 6) is 0. The largest absolute Gasteiger partial charge is 0.394 e. The highest BCUT2D eigenvalue weighted by atomic mass is 16.6. The minimum atomic E-state index is -0.693. The van der Waals surface area contributed by atoms with Gasteiger partial charge in [0, 0.05) is 18.2 Å². The maximum Gasteiger partial charge on any atom is 0.335 e. The Morgan fingerprint density at radius 1 is 1.30 bits per heavy atom. The van der Waals surface area contributed by atoms with Crippen LogP contribution in [-0.4, -0.2) is 39.7 Å². The molecule has 9 nitrogen and oxygen atoms in total. The first-order valence-electron chi connectivity index (χ1n) is 9.74. The van der Waals surface area contributed by atoms with Crippen LogP contribution in [0.5, 0.6) is 0 Å². The zero-order chi connectivity index (χ0) is 21.5. The molecule has 1 fully saturated rings. The molecule has 1 aromatic heterocycles. The van der Waals surface area contributed by atoms with Crippen molar-refractivity contribution in [3.8, 4) is 6.07 Å². The maximum absolute atomic E-state index is 13.0. The summed E-state index contributed by atoms with van der Waals surface area (Å²) in [5.41, 5.74) is 0.317. The van der Waals surface area contributed by atoms with E-state index in [0.29, 0.717) is 12.0 Å². The first-order valence-corrected chi connectivity index (χ1v) is 9.74. The van der Waals surface area contributed by atoms with Crippen molar-refractivity contribution < 1.29 is 19.3 Å². The molecule has 1 saturated heterocycles. The van der Waals surface area contributed by atoms with Crippen LogP contribution in [0.3, 0.4) is 0 Å². The second-order valence-electron chi connectivity index (χ2n) is 7.06. The summed E-state index contributed by atoms with van der Waals surface area (Å²) >= 11 is 0. The van der Waals surface area contributed by atoms with Gasteiger partial charge in [0.15, 0.2) is 0 Å². The minimum absolute atomic E-state index is 0.188. The van der Waals surface area contributed by atoms with Crippen molar-refractivity contribution in [1.29, 1.82) is 5.26 Å². The summed E-state index contributed by atoms with van der Waals surface area (Å²) < 4.78 is 19.4. The van der Waals surface area contributed by atoms with Crippen LogP contribution in [-0.2, 0) is 27.5 Å². The van der Waals surface area contributed by atoms with Gasteiger partial charge < -0.3 is 19.3 Å². The lowest BCUT2D eigenvalue weighted by atomic mass is 10.2. The highest BCUT2D eigenvalue weighted by molar-refractivity contribution is 5.13. The van der Waals surface area contributed by atoms with Crippen molar-refractivity contribution >= 4 is 0 Å². The van der Waals surface area contributed by atoms with Gasteiger partial charge in [0.1, 0.15) is 19.1 Å². The molecule has 0 saturated carbocycles. The topological polar surface area (TPSA) is 116 Å². The van der Waals surface area contributed by atoms with E-state index in [1.54, 1.807) is 6.92 Å². The van der Waals surface area contributed by atoms with Crippen LogP contribution in [0, 0.1) is 18.3 Å². The van der Waals surface area contributed by atoms with Crippen LogP contribution in [0.4, 0.5) is 0 Å². The molecule has 1 aromatic carbocycles. The van der Waals surface area contributed by atoms with Crippen molar-refractivity contribution in [3.05, 3.63) is 68.5 Å². The van der Waals surface area contributed by atoms with Crippen LogP contribution in [0.25, 0.3) is 0 Å². The molecule has 9 heteroatoms. The van der Waals surface area contributed by atoms with Gasteiger partial charge >= 0.3 is 5.69 Å². The second-order valence-corrected chi connectivity index (χ2v) is 7.06. The van der Waals surface area contributed by atoms with Gasteiger partial charge in [-0.1, -0.05) is 30.3 Å². The molecule has 3 atom stereocenters. The van der Waals surface area contributed by atoms with Crippen molar-refractivity contribution in [2.24, 2.45) is 0 Å². The summed E-state index contributed by atoms with van der Waals surface area (Å²) in [7, 11) is 0. The monoisotopic (exact) mass is 415 g/mol. The minimum Gasteiger partial charge on any atom is -0.394 e. The molecule has 2 aromatic rings. The normalized spacial score (nSPS) is 20.9. The molecule has 2 heterocycles. The van der Waals surface area contributed by atoms with Gasteiger partial charge in [0.25, 0.3) is 5.56 Å². The maximum atomic E-state index is 13.0. The summed E-state index contributed by atoms with van der Waals surface area (Å²) in [4.78, 5) is 25.4. The van der Waals surface area contributed by atoms with E-state index in [4.69, 9.17) is 19.5 Å². The van der Waals surface area contributed by atoms with Crippen LogP contribution in [0.15, 0.2) is 46.1 Å². The van der Waals surface area contributed by atoms with E-state index in [1.807, 2.05) is 36.4 Å². The molecule has 3 rings (SSSR count). The SMILES string of the molecule is Cc1cn([C@H]2C[C@H](OCCC#N)[C@@H](CO)O2)c(=O)n(COCc2ccccc2)c1=O.